The van der Waals surface area contributed by atoms with E-state index in [1.54, 1.807) is 0 Å². The van der Waals surface area contributed by atoms with Crippen LogP contribution in [0.1, 0.15) is 76.7 Å². The summed E-state index contributed by atoms with van der Waals surface area (Å²) in [5.41, 5.74) is 2.43. The SMILES string of the molecule is Brc1nc2ccccc2n1C1C[C@H]2CCC[C@@H](C1)N2C1C[C@H]2CCC[C@@H](C1)C2. The number of piperidine rings is 2. The average Bonchev–Trinajstić information content (AvgIpc) is 3.02. The Bertz CT molecular complexity index is 835. The molecule has 2 aromatic rings. The van der Waals surface area contributed by atoms with Crippen LogP contribution in [0.2, 0.25) is 0 Å². The molecular formula is C24H32BrN3. The molecule has 0 N–H and O–H groups in total. The Morgan fingerprint density at radius 1 is 0.750 bits per heavy atom. The fraction of sp³-hybridized carbons (Fsp3) is 0.708. The molecule has 1 aromatic carbocycles. The largest absolute Gasteiger partial charge is 0.315 e. The van der Waals surface area contributed by atoms with Gasteiger partial charge >= 0.3 is 0 Å². The van der Waals surface area contributed by atoms with Gasteiger partial charge in [-0.15, -0.1) is 0 Å². The van der Waals surface area contributed by atoms with Gasteiger partial charge in [0.2, 0.25) is 0 Å². The average molecular weight is 442 g/mol. The maximum Gasteiger partial charge on any atom is 0.178 e. The number of benzene rings is 1. The fourth-order valence-electron chi connectivity index (χ4n) is 7.50. The molecule has 4 aliphatic rings. The van der Waals surface area contributed by atoms with Crippen molar-refractivity contribution in [2.45, 2.75) is 94.8 Å². The third-order valence-electron chi connectivity index (χ3n) is 8.45. The predicted molar refractivity (Wildman–Crippen MR) is 117 cm³/mol. The van der Waals surface area contributed by atoms with Crippen molar-refractivity contribution in [1.82, 2.24) is 14.5 Å². The number of aromatic nitrogens is 2. The summed E-state index contributed by atoms with van der Waals surface area (Å²) < 4.78 is 3.53. The van der Waals surface area contributed by atoms with Gasteiger partial charge in [-0.05, 0) is 84.8 Å². The van der Waals surface area contributed by atoms with Crippen LogP contribution in [0, 0.1) is 11.8 Å². The van der Waals surface area contributed by atoms with Crippen molar-refractivity contribution in [2.75, 3.05) is 0 Å². The Labute approximate surface area is 177 Å². The molecule has 3 heterocycles. The fourth-order valence-corrected chi connectivity index (χ4v) is 8.17. The minimum absolute atomic E-state index is 0.594. The van der Waals surface area contributed by atoms with Crippen LogP contribution in [0.3, 0.4) is 0 Å². The van der Waals surface area contributed by atoms with E-state index in [9.17, 15) is 0 Å². The molecule has 4 bridgehead atoms. The lowest BCUT2D eigenvalue weighted by atomic mass is 9.68. The second kappa shape index (κ2) is 7.12. The molecule has 2 saturated carbocycles. The molecule has 0 spiro atoms. The van der Waals surface area contributed by atoms with Crippen LogP contribution in [0.25, 0.3) is 11.0 Å². The lowest BCUT2D eigenvalue weighted by Crippen LogP contribution is -2.58. The first-order chi connectivity index (χ1) is 13.8. The van der Waals surface area contributed by atoms with Gasteiger partial charge in [0, 0.05) is 24.2 Å². The van der Waals surface area contributed by atoms with Crippen LogP contribution in [-0.2, 0) is 0 Å². The molecule has 4 heteroatoms. The van der Waals surface area contributed by atoms with Crippen LogP contribution in [0.4, 0.5) is 0 Å². The van der Waals surface area contributed by atoms with Gasteiger partial charge in [0.25, 0.3) is 0 Å². The number of hydrogen-bond acceptors (Lipinski definition) is 2. The van der Waals surface area contributed by atoms with Gasteiger partial charge in [0.05, 0.1) is 11.0 Å². The van der Waals surface area contributed by atoms with Crippen LogP contribution < -0.4 is 0 Å². The maximum atomic E-state index is 4.80. The Morgan fingerprint density at radius 2 is 1.43 bits per heavy atom. The molecular weight excluding hydrogens is 410 g/mol. The van der Waals surface area contributed by atoms with Gasteiger partial charge in [0.1, 0.15) is 0 Å². The zero-order valence-electron chi connectivity index (χ0n) is 16.8. The quantitative estimate of drug-likeness (QED) is 0.542. The van der Waals surface area contributed by atoms with Gasteiger partial charge in [-0.25, -0.2) is 4.98 Å². The molecule has 2 aliphatic heterocycles. The van der Waals surface area contributed by atoms with E-state index in [-0.39, 0.29) is 0 Å². The number of nitrogens with zero attached hydrogens (tertiary/aromatic N) is 3. The number of fused-ring (bicyclic) bond motifs is 5. The smallest absolute Gasteiger partial charge is 0.178 e. The first kappa shape index (κ1) is 17.9. The van der Waals surface area contributed by atoms with E-state index in [0.29, 0.717) is 6.04 Å². The summed E-state index contributed by atoms with van der Waals surface area (Å²) in [6, 6.07) is 11.7. The van der Waals surface area contributed by atoms with Gasteiger partial charge in [-0.2, -0.15) is 0 Å². The zero-order valence-corrected chi connectivity index (χ0v) is 18.4. The maximum absolute atomic E-state index is 4.80. The van der Waals surface area contributed by atoms with Crippen molar-refractivity contribution >= 4 is 27.0 Å². The molecule has 150 valence electrons. The standard InChI is InChI=1S/C24H32BrN3/c25-24-26-22-9-1-2-10-23(22)28(24)21-14-18-7-4-8-19(15-21)27(18)20-12-16-5-3-6-17(11-16)13-20/h1-2,9-10,16-21H,3-8,11-15H2/t16-,17+,18-,19+,20?,21?. The summed E-state index contributed by atoms with van der Waals surface area (Å²) in [7, 11) is 0. The van der Waals surface area contributed by atoms with Crippen LogP contribution in [0.5, 0.6) is 0 Å². The molecule has 2 saturated heterocycles. The molecule has 6 atom stereocenters. The summed E-state index contributed by atoms with van der Waals surface area (Å²) in [5.74, 6) is 2.06. The third kappa shape index (κ3) is 2.98. The minimum atomic E-state index is 0.594. The van der Waals surface area contributed by atoms with Crippen molar-refractivity contribution in [1.29, 1.82) is 0 Å². The van der Waals surface area contributed by atoms with Crippen molar-refractivity contribution in [3.63, 3.8) is 0 Å². The first-order valence-electron chi connectivity index (χ1n) is 11.7. The molecule has 28 heavy (non-hydrogen) atoms. The Balaban J connectivity index is 1.28. The van der Waals surface area contributed by atoms with E-state index in [0.717, 1.165) is 40.2 Å². The molecule has 6 rings (SSSR count). The second-order valence-corrected chi connectivity index (χ2v) is 10.8. The van der Waals surface area contributed by atoms with Crippen LogP contribution in [0.15, 0.2) is 29.0 Å². The molecule has 0 amide bonds. The lowest BCUT2D eigenvalue weighted by Gasteiger charge is -2.55. The Morgan fingerprint density at radius 3 is 2.18 bits per heavy atom. The summed E-state index contributed by atoms with van der Waals surface area (Å²) in [6.45, 7) is 0. The predicted octanol–water partition coefficient (Wildman–Crippen LogP) is 6.33. The van der Waals surface area contributed by atoms with Gasteiger partial charge in [-0.3, -0.25) is 4.90 Å². The number of halogens is 1. The first-order valence-corrected chi connectivity index (χ1v) is 12.5. The van der Waals surface area contributed by atoms with E-state index >= 15 is 0 Å². The van der Waals surface area contributed by atoms with Crippen molar-refractivity contribution in [3.8, 4) is 0 Å². The number of rotatable bonds is 2. The normalized spacial score (nSPS) is 38.6. The summed E-state index contributed by atoms with van der Waals surface area (Å²) in [6.07, 6.45) is 15.9. The highest BCUT2D eigenvalue weighted by Crippen LogP contribution is 2.48. The topological polar surface area (TPSA) is 21.1 Å². The van der Waals surface area contributed by atoms with E-state index in [1.807, 2.05) is 0 Å². The zero-order chi connectivity index (χ0) is 18.7. The highest BCUT2D eigenvalue weighted by atomic mass is 79.9. The van der Waals surface area contributed by atoms with Gasteiger partial charge < -0.3 is 4.57 Å². The van der Waals surface area contributed by atoms with E-state index < -0.39 is 0 Å². The highest BCUT2D eigenvalue weighted by Gasteiger charge is 2.45. The molecule has 4 fully saturated rings. The summed E-state index contributed by atoms with van der Waals surface area (Å²) in [4.78, 5) is 7.85. The molecule has 1 aromatic heterocycles. The van der Waals surface area contributed by atoms with Gasteiger partial charge in [0.15, 0.2) is 4.73 Å². The van der Waals surface area contributed by atoms with Crippen molar-refractivity contribution < 1.29 is 0 Å². The monoisotopic (exact) mass is 441 g/mol. The molecule has 3 nitrogen and oxygen atoms in total. The summed E-state index contributed by atoms with van der Waals surface area (Å²) in [5, 5.41) is 0. The van der Waals surface area contributed by atoms with Crippen LogP contribution in [-0.4, -0.2) is 32.6 Å². The number of para-hydroxylation sites is 2. The second-order valence-electron chi connectivity index (χ2n) is 10.1. The lowest BCUT2D eigenvalue weighted by molar-refractivity contribution is -0.0484. The van der Waals surface area contributed by atoms with E-state index in [4.69, 9.17) is 4.98 Å². The highest BCUT2D eigenvalue weighted by molar-refractivity contribution is 9.10. The summed E-state index contributed by atoms with van der Waals surface area (Å²) >= 11 is 3.79. The van der Waals surface area contributed by atoms with Crippen molar-refractivity contribution in [3.05, 3.63) is 29.0 Å². The molecule has 2 unspecified atom stereocenters. The van der Waals surface area contributed by atoms with Gasteiger partial charge in [-0.1, -0.05) is 37.8 Å². The molecule has 2 aliphatic carbocycles. The minimum Gasteiger partial charge on any atom is -0.315 e. The third-order valence-corrected chi connectivity index (χ3v) is 9.01. The number of hydrogen-bond donors (Lipinski definition) is 0. The van der Waals surface area contributed by atoms with Crippen LogP contribution >= 0.6 is 15.9 Å². The Hall–Kier alpha value is -0.870. The van der Waals surface area contributed by atoms with E-state index in [1.165, 1.54) is 76.1 Å². The molecule has 0 radical (unpaired) electrons. The van der Waals surface area contributed by atoms with Crippen molar-refractivity contribution in [2.24, 2.45) is 11.8 Å². The Kier molecular flexibility index (Phi) is 4.57. The van der Waals surface area contributed by atoms with E-state index in [2.05, 4.69) is 49.7 Å². The number of imidazole rings is 1.